The van der Waals surface area contributed by atoms with E-state index in [1.165, 1.54) is 23.6 Å². The van der Waals surface area contributed by atoms with Crippen molar-refractivity contribution in [1.82, 2.24) is 15.6 Å². The fraction of sp³-hybridized carbons (Fsp3) is 0.714. The summed E-state index contributed by atoms with van der Waals surface area (Å²) in [7, 11) is 0. The number of rotatable bonds is 6. The summed E-state index contributed by atoms with van der Waals surface area (Å²) in [5.74, 6) is 2.21. The minimum Gasteiger partial charge on any atom is -0.357 e. The first-order chi connectivity index (χ1) is 9.81. The summed E-state index contributed by atoms with van der Waals surface area (Å²) < 4.78 is 0. The van der Waals surface area contributed by atoms with E-state index in [2.05, 4.69) is 51.6 Å². The molecular weight excluding hydrogens is 288 g/mol. The van der Waals surface area contributed by atoms with E-state index in [9.17, 15) is 0 Å². The molecule has 1 aromatic rings. The maximum atomic E-state index is 4.62. The van der Waals surface area contributed by atoms with Gasteiger partial charge in [-0.25, -0.2) is 9.98 Å². The molecule has 2 heterocycles. The molecule has 1 unspecified atom stereocenters. The highest BCUT2D eigenvalue weighted by molar-refractivity contribution is 8.00. The molecule has 1 aliphatic heterocycles. The summed E-state index contributed by atoms with van der Waals surface area (Å²) in [4.78, 5) is 9.17. The molecule has 2 rings (SSSR count). The predicted molar refractivity (Wildman–Crippen MR) is 89.8 cm³/mol. The lowest BCUT2D eigenvalue weighted by molar-refractivity contribution is 0.726. The summed E-state index contributed by atoms with van der Waals surface area (Å²) in [6.45, 7) is 6.79. The molecule has 0 aromatic carbocycles. The Morgan fingerprint density at radius 3 is 3.00 bits per heavy atom. The second kappa shape index (κ2) is 8.52. The van der Waals surface area contributed by atoms with Crippen LogP contribution >= 0.6 is 23.1 Å². The van der Waals surface area contributed by atoms with E-state index < -0.39 is 0 Å². The third-order valence-corrected chi connectivity index (χ3v) is 5.61. The Bertz CT molecular complexity index is 425. The zero-order chi connectivity index (χ0) is 14.2. The van der Waals surface area contributed by atoms with Crippen molar-refractivity contribution >= 4 is 29.1 Å². The molecule has 1 atom stereocenters. The van der Waals surface area contributed by atoms with E-state index in [1.807, 2.05) is 0 Å². The van der Waals surface area contributed by atoms with E-state index in [-0.39, 0.29) is 0 Å². The van der Waals surface area contributed by atoms with Crippen LogP contribution in [0.4, 0.5) is 0 Å². The van der Waals surface area contributed by atoms with Crippen LogP contribution in [0, 0.1) is 0 Å². The number of hydrogen-bond donors (Lipinski definition) is 2. The number of nitrogens with zero attached hydrogens (tertiary/aromatic N) is 2. The monoisotopic (exact) mass is 312 g/mol. The van der Waals surface area contributed by atoms with Crippen molar-refractivity contribution in [3.8, 4) is 0 Å². The van der Waals surface area contributed by atoms with Crippen LogP contribution in [-0.2, 0) is 13.0 Å². The molecule has 112 valence electrons. The number of aryl methyl sites for hydroxylation is 1. The van der Waals surface area contributed by atoms with Gasteiger partial charge in [-0.1, -0.05) is 6.92 Å². The van der Waals surface area contributed by atoms with Gasteiger partial charge in [-0.2, -0.15) is 11.8 Å². The first-order valence-electron chi connectivity index (χ1n) is 7.38. The Hall–Kier alpha value is -0.750. The standard InChI is InChI=1S/C14H24N4S2/c1-3-13-18-11(10-20-13)8-16-14(15-4-2)17-9-12-6-5-7-19-12/h10,12H,3-9H2,1-2H3,(H2,15,16,17). The predicted octanol–water partition coefficient (Wildman–Crippen LogP) is 2.66. The van der Waals surface area contributed by atoms with Crippen LogP contribution in [0.3, 0.4) is 0 Å². The number of thioether (sulfide) groups is 1. The highest BCUT2D eigenvalue weighted by Crippen LogP contribution is 2.25. The Balaban J connectivity index is 1.83. The van der Waals surface area contributed by atoms with Gasteiger partial charge in [0.1, 0.15) is 0 Å². The summed E-state index contributed by atoms with van der Waals surface area (Å²) >= 11 is 3.79. The molecular formula is C14H24N4S2. The van der Waals surface area contributed by atoms with Gasteiger partial charge in [-0.15, -0.1) is 11.3 Å². The molecule has 2 N–H and O–H groups in total. The summed E-state index contributed by atoms with van der Waals surface area (Å²) in [6.07, 6.45) is 3.68. The largest absolute Gasteiger partial charge is 0.357 e. The number of guanidine groups is 1. The van der Waals surface area contributed by atoms with Crippen LogP contribution < -0.4 is 10.6 Å². The summed E-state index contributed by atoms with van der Waals surface area (Å²) in [5.41, 5.74) is 1.07. The van der Waals surface area contributed by atoms with Gasteiger partial charge >= 0.3 is 0 Å². The van der Waals surface area contributed by atoms with Gasteiger partial charge in [-0.3, -0.25) is 0 Å². The van der Waals surface area contributed by atoms with Crippen LogP contribution in [0.2, 0.25) is 0 Å². The van der Waals surface area contributed by atoms with E-state index in [0.29, 0.717) is 6.54 Å². The lowest BCUT2D eigenvalue weighted by Gasteiger charge is -2.14. The molecule has 0 aliphatic carbocycles. The molecule has 0 amide bonds. The first kappa shape index (κ1) is 15.6. The molecule has 0 saturated carbocycles. The lowest BCUT2D eigenvalue weighted by atomic mass is 10.2. The van der Waals surface area contributed by atoms with Crippen LogP contribution in [-0.4, -0.2) is 35.0 Å². The minimum atomic E-state index is 0.656. The smallest absolute Gasteiger partial charge is 0.191 e. The highest BCUT2D eigenvalue weighted by Gasteiger charge is 2.15. The van der Waals surface area contributed by atoms with Crippen LogP contribution in [0.1, 0.15) is 37.4 Å². The van der Waals surface area contributed by atoms with Crippen molar-refractivity contribution < 1.29 is 0 Å². The van der Waals surface area contributed by atoms with Crippen molar-refractivity contribution in [2.75, 3.05) is 18.8 Å². The highest BCUT2D eigenvalue weighted by atomic mass is 32.2. The van der Waals surface area contributed by atoms with Gasteiger partial charge in [0, 0.05) is 23.7 Å². The van der Waals surface area contributed by atoms with Gasteiger partial charge in [0.25, 0.3) is 0 Å². The van der Waals surface area contributed by atoms with E-state index in [4.69, 9.17) is 0 Å². The Morgan fingerprint density at radius 1 is 1.45 bits per heavy atom. The molecule has 1 aromatic heterocycles. The molecule has 0 bridgehead atoms. The molecule has 0 spiro atoms. The van der Waals surface area contributed by atoms with Crippen molar-refractivity contribution in [2.24, 2.45) is 4.99 Å². The number of hydrogen-bond acceptors (Lipinski definition) is 4. The van der Waals surface area contributed by atoms with E-state index >= 15 is 0 Å². The van der Waals surface area contributed by atoms with Gasteiger partial charge in [0.2, 0.25) is 0 Å². The molecule has 1 saturated heterocycles. The zero-order valence-corrected chi connectivity index (χ0v) is 13.9. The van der Waals surface area contributed by atoms with Crippen molar-refractivity contribution in [2.45, 2.75) is 44.9 Å². The Morgan fingerprint density at radius 2 is 2.35 bits per heavy atom. The number of aromatic nitrogens is 1. The van der Waals surface area contributed by atoms with Crippen molar-refractivity contribution in [3.05, 3.63) is 16.1 Å². The average Bonchev–Trinajstić information content (AvgIpc) is 3.13. The maximum Gasteiger partial charge on any atom is 0.191 e. The topological polar surface area (TPSA) is 49.3 Å². The maximum absolute atomic E-state index is 4.62. The molecule has 1 fully saturated rings. The average molecular weight is 313 g/mol. The van der Waals surface area contributed by atoms with Crippen LogP contribution in [0.25, 0.3) is 0 Å². The molecule has 6 heteroatoms. The second-order valence-corrected chi connectivity index (χ2v) is 7.15. The van der Waals surface area contributed by atoms with Crippen molar-refractivity contribution in [3.63, 3.8) is 0 Å². The third kappa shape index (κ3) is 4.98. The fourth-order valence-corrected chi connectivity index (χ4v) is 4.04. The Labute approximate surface area is 129 Å². The number of aliphatic imine (C=N–C) groups is 1. The summed E-state index contributed by atoms with van der Waals surface area (Å²) in [6, 6.07) is 0. The van der Waals surface area contributed by atoms with Crippen molar-refractivity contribution in [1.29, 1.82) is 0 Å². The third-order valence-electron chi connectivity index (χ3n) is 3.17. The first-order valence-corrected chi connectivity index (χ1v) is 9.31. The molecule has 1 aliphatic rings. The lowest BCUT2D eigenvalue weighted by Crippen LogP contribution is -2.40. The van der Waals surface area contributed by atoms with Gasteiger partial charge < -0.3 is 10.6 Å². The summed E-state index contributed by atoms with van der Waals surface area (Å²) in [5, 5.41) is 10.8. The fourth-order valence-electron chi connectivity index (χ4n) is 2.10. The SMILES string of the molecule is CCNC(=NCc1csc(CC)n1)NCC1CCCS1. The van der Waals surface area contributed by atoms with Gasteiger partial charge in [0.15, 0.2) is 5.96 Å². The van der Waals surface area contributed by atoms with Crippen LogP contribution in [0.15, 0.2) is 10.4 Å². The quantitative estimate of drug-likeness (QED) is 0.626. The zero-order valence-electron chi connectivity index (χ0n) is 12.3. The second-order valence-electron chi connectivity index (χ2n) is 4.80. The van der Waals surface area contributed by atoms with E-state index in [1.54, 1.807) is 11.3 Å². The normalized spacial score (nSPS) is 19.3. The van der Waals surface area contributed by atoms with Crippen LogP contribution in [0.5, 0.6) is 0 Å². The number of thiazole rings is 1. The Kier molecular flexibility index (Phi) is 6.66. The molecule has 20 heavy (non-hydrogen) atoms. The van der Waals surface area contributed by atoms with Gasteiger partial charge in [-0.05, 0) is 31.9 Å². The molecule has 4 nitrogen and oxygen atoms in total. The van der Waals surface area contributed by atoms with E-state index in [0.717, 1.165) is 36.4 Å². The minimum absolute atomic E-state index is 0.656. The van der Waals surface area contributed by atoms with Gasteiger partial charge in [0.05, 0.1) is 17.2 Å². The molecule has 0 radical (unpaired) electrons. The number of nitrogens with one attached hydrogen (secondary N) is 2.